The predicted molar refractivity (Wildman–Crippen MR) is 77.9 cm³/mol. The standard InChI is InChI=1S/C16H26N2/c1-4-16-12-18(7-5-6-17-16)11-15-9-13(2)8-14(3)10-15/h8-10,16-17H,4-7,11-12H2,1-3H3. The van der Waals surface area contributed by atoms with Crippen LogP contribution in [0.25, 0.3) is 0 Å². The Balaban J connectivity index is 2.02. The third-order valence-electron chi connectivity index (χ3n) is 3.74. The van der Waals surface area contributed by atoms with Gasteiger partial charge in [-0.2, -0.15) is 0 Å². The number of rotatable bonds is 3. The van der Waals surface area contributed by atoms with Crippen LogP contribution < -0.4 is 5.32 Å². The highest BCUT2D eigenvalue weighted by atomic mass is 15.2. The second-order valence-electron chi connectivity index (χ2n) is 5.64. The van der Waals surface area contributed by atoms with Crippen LogP contribution >= 0.6 is 0 Å². The van der Waals surface area contributed by atoms with Gasteiger partial charge in [0.15, 0.2) is 0 Å². The van der Waals surface area contributed by atoms with Crippen molar-refractivity contribution in [3.8, 4) is 0 Å². The number of benzene rings is 1. The molecule has 1 aromatic carbocycles. The Hall–Kier alpha value is -0.860. The van der Waals surface area contributed by atoms with Crippen molar-refractivity contribution in [3.63, 3.8) is 0 Å². The highest BCUT2D eigenvalue weighted by Crippen LogP contribution is 2.13. The lowest BCUT2D eigenvalue weighted by atomic mass is 10.1. The largest absolute Gasteiger partial charge is 0.313 e. The molecular weight excluding hydrogens is 220 g/mol. The molecule has 0 amide bonds. The molecule has 1 heterocycles. The summed E-state index contributed by atoms with van der Waals surface area (Å²) in [7, 11) is 0. The Morgan fingerprint density at radius 2 is 1.94 bits per heavy atom. The predicted octanol–water partition coefficient (Wildman–Crippen LogP) is 2.88. The van der Waals surface area contributed by atoms with Gasteiger partial charge in [-0.3, -0.25) is 4.90 Å². The molecular formula is C16H26N2. The van der Waals surface area contributed by atoms with Gasteiger partial charge in [-0.15, -0.1) is 0 Å². The van der Waals surface area contributed by atoms with Gasteiger partial charge in [0.2, 0.25) is 0 Å². The molecule has 2 nitrogen and oxygen atoms in total. The van der Waals surface area contributed by atoms with Crippen LogP contribution in [-0.2, 0) is 6.54 Å². The van der Waals surface area contributed by atoms with E-state index in [0.717, 1.165) is 6.54 Å². The smallest absolute Gasteiger partial charge is 0.0234 e. The number of nitrogens with one attached hydrogen (secondary N) is 1. The van der Waals surface area contributed by atoms with E-state index in [1.54, 1.807) is 0 Å². The molecule has 2 heteroatoms. The van der Waals surface area contributed by atoms with Gasteiger partial charge in [-0.1, -0.05) is 36.2 Å². The van der Waals surface area contributed by atoms with Crippen molar-refractivity contribution in [2.45, 2.75) is 46.2 Å². The fourth-order valence-corrected chi connectivity index (χ4v) is 2.91. The van der Waals surface area contributed by atoms with E-state index in [1.165, 1.54) is 49.2 Å². The molecule has 1 unspecified atom stereocenters. The van der Waals surface area contributed by atoms with Gasteiger partial charge in [0.25, 0.3) is 0 Å². The van der Waals surface area contributed by atoms with Crippen molar-refractivity contribution in [3.05, 3.63) is 34.9 Å². The van der Waals surface area contributed by atoms with E-state index in [-0.39, 0.29) is 0 Å². The molecule has 0 aromatic heterocycles. The van der Waals surface area contributed by atoms with E-state index in [1.807, 2.05) is 0 Å². The second-order valence-corrected chi connectivity index (χ2v) is 5.64. The molecule has 0 radical (unpaired) electrons. The topological polar surface area (TPSA) is 15.3 Å². The first-order valence-electron chi connectivity index (χ1n) is 7.20. The van der Waals surface area contributed by atoms with Gasteiger partial charge in [0.1, 0.15) is 0 Å². The molecule has 0 aliphatic carbocycles. The maximum Gasteiger partial charge on any atom is 0.0234 e. The summed E-state index contributed by atoms with van der Waals surface area (Å²) < 4.78 is 0. The van der Waals surface area contributed by atoms with E-state index in [9.17, 15) is 0 Å². The third-order valence-corrected chi connectivity index (χ3v) is 3.74. The fourth-order valence-electron chi connectivity index (χ4n) is 2.91. The van der Waals surface area contributed by atoms with E-state index < -0.39 is 0 Å². The van der Waals surface area contributed by atoms with Crippen LogP contribution in [0.5, 0.6) is 0 Å². The fraction of sp³-hybridized carbons (Fsp3) is 0.625. The summed E-state index contributed by atoms with van der Waals surface area (Å²) in [4.78, 5) is 2.60. The third kappa shape index (κ3) is 3.82. The molecule has 100 valence electrons. The molecule has 1 fully saturated rings. The van der Waals surface area contributed by atoms with Crippen molar-refractivity contribution in [1.82, 2.24) is 10.2 Å². The first-order valence-corrected chi connectivity index (χ1v) is 7.20. The number of hydrogen-bond donors (Lipinski definition) is 1. The summed E-state index contributed by atoms with van der Waals surface area (Å²) in [5.74, 6) is 0. The Bertz CT molecular complexity index is 366. The summed E-state index contributed by atoms with van der Waals surface area (Å²) >= 11 is 0. The van der Waals surface area contributed by atoms with Crippen LogP contribution in [-0.4, -0.2) is 30.6 Å². The zero-order valence-electron chi connectivity index (χ0n) is 12.0. The van der Waals surface area contributed by atoms with Gasteiger partial charge in [0, 0.05) is 19.1 Å². The summed E-state index contributed by atoms with van der Waals surface area (Å²) in [5, 5.41) is 3.63. The van der Waals surface area contributed by atoms with Gasteiger partial charge in [0.05, 0.1) is 0 Å². The quantitative estimate of drug-likeness (QED) is 0.882. The summed E-state index contributed by atoms with van der Waals surface area (Å²) in [6.45, 7) is 11.3. The van der Waals surface area contributed by atoms with Crippen LogP contribution in [0.3, 0.4) is 0 Å². The molecule has 0 bridgehead atoms. The van der Waals surface area contributed by atoms with Crippen molar-refractivity contribution < 1.29 is 0 Å². The van der Waals surface area contributed by atoms with Crippen molar-refractivity contribution in [2.24, 2.45) is 0 Å². The summed E-state index contributed by atoms with van der Waals surface area (Å²) in [5.41, 5.74) is 4.22. The first-order chi connectivity index (χ1) is 8.67. The molecule has 0 spiro atoms. The van der Waals surface area contributed by atoms with Gasteiger partial charge in [-0.25, -0.2) is 0 Å². The Morgan fingerprint density at radius 3 is 2.61 bits per heavy atom. The summed E-state index contributed by atoms with van der Waals surface area (Å²) in [6, 6.07) is 7.57. The minimum Gasteiger partial charge on any atom is -0.313 e. The monoisotopic (exact) mass is 246 g/mol. The average molecular weight is 246 g/mol. The maximum absolute atomic E-state index is 3.63. The maximum atomic E-state index is 3.63. The molecule has 1 atom stereocenters. The zero-order valence-corrected chi connectivity index (χ0v) is 12.0. The Labute approximate surface area is 111 Å². The van der Waals surface area contributed by atoms with Crippen LogP contribution in [0.1, 0.15) is 36.5 Å². The Morgan fingerprint density at radius 1 is 1.22 bits per heavy atom. The molecule has 18 heavy (non-hydrogen) atoms. The molecule has 1 aromatic rings. The second kappa shape index (κ2) is 6.35. The number of nitrogens with zero attached hydrogens (tertiary/aromatic N) is 1. The minimum absolute atomic E-state index is 0.665. The highest BCUT2D eigenvalue weighted by molar-refractivity contribution is 5.28. The van der Waals surface area contributed by atoms with Crippen molar-refractivity contribution in [2.75, 3.05) is 19.6 Å². The lowest BCUT2D eigenvalue weighted by molar-refractivity contribution is 0.257. The van der Waals surface area contributed by atoms with E-state index in [4.69, 9.17) is 0 Å². The van der Waals surface area contributed by atoms with Gasteiger partial charge in [-0.05, 0) is 45.3 Å². The Kier molecular flexibility index (Phi) is 4.79. The zero-order chi connectivity index (χ0) is 13.0. The minimum atomic E-state index is 0.665. The molecule has 1 aliphatic rings. The van der Waals surface area contributed by atoms with Crippen LogP contribution in [0.15, 0.2) is 18.2 Å². The van der Waals surface area contributed by atoms with Crippen LogP contribution in [0.4, 0.5) is 0 Å². The van der Waals surface area contributed by atoms with Crippen molar-refractivity contribution in [1.29, 1.82) is 0 Å². The molecule has 2 rings (SSSR count). The normalized spacial score (nSPS) is 21.8. The molecule has 0 saturated carbocycles. The van der Waals surface area contributed by atoms with Crippen LogP contribution in [0.2, 0.25) is 0 Å². The summed E-state index contributed by atoms with van der Waals surface area (Å²) in [6.07, 6.45) is 2.49. The number of aryl methyl sites for hydroxylation is 2. The number of hydrogen-bond acceptors (Lipinski definition) is 2. The van der Waals surface area contributed by atoms with Crippen LogP contribution in [0, 0.1) is 13.8 Å². The van der Waals surface area contributed by atoms with E-state index in [0.29, 0.717) is 6.04 Å². The average Bonchev–Trinajstić information content (AvgIpc) is 2.52. The SMILES string of the molecule is CCC1CN(Cc2cc(C)cc(C)c2)CCCN1. The van der Waals surface area contributed by atoms with E-state index in [2.05, 4.69) is 49.2 Å². The lowest BCUT2D eigenvalue weighted by Crippen LogP contribution is -2.36. The molecule has 1 N–H and O–H groups in total. The lowest BCUT2D eigenvalue weighted by Gasteiger charge is -2.24. The van der Waals surface area contributed by atoms with Gasteiger partial charge < -0.3 is 5.32 Å². The first kappa shape index (κ1) is 13.6. The highest BCUT2D eigenvalue weighted by Gasteiger charge is 2.16. The molecule has 1 aliphatic heterocycles. The van der Waals surface area contributed by atoms with Gasteiger partial charge >= 0.3 is 0 Å². The molecule has 1 saturated heterocycles. The van der Waals surface area contributed by atoms with E-state index >= 15 is 0 Å². The van der Waals surface area contributed by atoms with Crippen molar-refractivity contribution >= 4 is 0 Å².